The third-order valence-corrected chi connectivity index (χ3v) is 2.02. The number of hydrogen-bond donors (Lipinski definition) is 0. The van der Waals surface area contributed by atoms with Gasteiger partial charge in [0.25, 0.3) is 0 Å². The molecule has 110 valence electrons. The minimum Gasteiger partial charge on any atom is -0.492 e. The predicted molar refractivity (Wildman–Crippen MR) is 53.8 cm³/mol. The smallest absolute Gasteiger partial charge is 0.492 e. The first-order valence-electron chi connectivity index (χ1n) is 5.07. The van der Waals surface area contributed by atoms with Crippen LogP contribution in [0.15, 0.2) is 24.3 Å². The Morgan fingerprint density at radius 1 is 1.00 bits per heavy atom. The molecule has 0 fully saturated rings. The Hall–Kier alpha value is -2.11. The number of rotatable bonds is 4. The van der Waals surface area contributed by atoms with Crippen molar-refractivity contribution in [2.45, 2.75) is 12.5 Å². The Morgan fingerprint density at radius 3 is 1.90 bits per heavy atom. The van der Waals surface area contributed by atoms with E-state index in [1.807, 2.05) is 0 Å². The van der Waals surface area contributed by atoms with E-state index in [1.165, 1.54) is 0 Å². The third-order valence-electron chi connectivity index (χ3n) is 2.02. The average Bonchev–Trinajstić information content (AvgIpc) is 2.28. The van der Waals surface area contributed by atoms with Gasteiger partial charge in [0.15, 0.2) is 5.92 Å². The van der Waals surface area contributed by atoms with Crippen LogP contribution in [-0.4, -0.2) is 19.1 Å². The van der Waals surface area contributed by atoms with Crippen LogP contribution < -0.4 is 9.47 Å². The standard InChI is InChI=1S/C11H7F6NO2/c12-10(13,14)7(5-18)6-19-8-1-3-9(4-2-8)20-11(15,16)17/h1-4,7H,6H2. The highest BCUT2D eigenvalue weighted by molar-refractivity contribution is 5.31. The van der Waals surface area contributed by atoms with Gasteiger partial charge in [0.2, 0.25) is 0 Å². The molecule has 0 bridgehead atoms. The Morgan fingerprint density at radius 2 is 1.50 bits per heavy atom. The molecule has 0 saturated heterocycles. The molecule has 0 amide bonds. The minimum absolute atomic E-state index is 0.107. The summed E-state index contributed by atoms with van der Waals surface area (Å²) in [6, 6.07) is 4.82. The van der Waals surface area contributed by atoms with Crippen molar-refractivity contribution in [1.29, 1.82) is 5.26 Å². The SMILES string of the molecule is N#CC(COc1ccc(OC(F)(F)F)cc1)C(F)(F)F. The summed E-state index contributed by atoms with van der Waals surface area (Å²) in [6.45, 7) is -0.945. The van der Waals surface area contributed by atoms with Gasteiger partial charge in [-0.3, -0.25) is 0 Å². The van der Waals surface area contributed by atoms with E-state index in [4.69, 9.17) is 10.00 Å². The van der Waals surface area contributed by atoms with Gasteiger partial charge in [0.1, 0.15) is 18.1 Å². The van der Waals surface area contributed by atoms with Crippen LogP contribution in [0.3, 0.4) is 0 Å². The Kier molecular flexibility index (Phi) is 4.70. The number of nitriles is 1. The summed E-state index contributed by atoms with van der Waals surface area (Å²) in [4.78, 5) is 0. The van der Waals surface area contributed by atoms with Gasteiger partial charge in [-0.15, -0.1) is 13.2 Å². The molecule has 9 heteroatoms. The second-order valence-corrected chi connectivity index (χ2v) is 3.55. The summed E-state index contributed by atoms with van der Waals surface area (Å²) in [5.74, 6) is -2.95. The van der Waals surface area contributed by atoms with Gasteiger partial charge in [0.05, 0.1) is 6.07 Å². The maximum absolute atomic E-state index is 12.2. The molecule has 3 nitrogen and oxygen atoms in total. The van der Waals surface area contributed by atoms with Gasteiger partial charge < -0.3 is 9.47 Å². The Labute approximate surface area is 109 Å². The van der Waals surface area contributed by atoms with Gasteiger partial charge in [-0.25, -0.2) is 0 Å². The quantitative estimate of drug-likeness (QED) is 0.797. The molecule has 20 heavy (non-hydrogen) atoms. The fourth-order valence-electron chi connectivity index (χ4n) is 1.12. The monoisotopic (exact) mass is 299 g/mol. The molecule has 0 spiro atoms. The molecule has 0 aromatic heterocycles. The van der Waals surface area contributed by atoms with Crippen molar-refractivity contribution < 1.29 is 35.8 Å². The topological polar surface area (TPSA) is 42.2 Å². The van der Waals surface area contributed by atoms with E-state index in [-0.39, 0.29) is 5.75 Å². The predicted octanol–water partition coefficient (Wildman–Crippen LogP) is 3.67. The number of nitrogens with zero attached hydrogens (tertiary/aromatic N) is 1. The molecule has 1 aromatic carbocycles. The van der Waals surface area contributed by atoms with Crippen molar-refractivity contribution in [3.8, 4) is 17.6 Å². The molecule has 1 atom stereocenters. The fraction of sp³-hybridized carbons (Fsp3) is 0.364. The van der Waals surface area contributed by atoms with Crippen LogP contribution in [0.2, 0.25) is 0 Å². The van der Waals surface area contributed by atoms with E-state index >= 15 is 0 Å². The van der Waals surface area contributed by atoms with E-state index in [9.17, 15) is 26.3 Å². The molecule has 0 aliphatic carbocycles. The number of hydrogen-bond acceptors (Lipinski definition) is 3. The Balaban J connectivity index is 2.61. The molecular formula is C11H7F6NO2. The highest BCUT2D eigenvalue weighted by Crippen LogP contribution is 2.28. The lowest BCUT2D eigenvalue weighted by atomic mass is 10.2. The van der Waals surface area contributed by atoms with Crippen LogP contribution in [0.5, 0.6) is 11.5 Å². The lowest BCUT2D eigenvalue weighted by Gasteiger charge is -2.14. The van der Waals surface area contributed by atoms with Crippen molar-refractivity contribution in [3.05, 3.63) is 24.3 Å². The van der Waals surface area contributed by atoms with Crippen molar-refractivity contribution in [1.82, 2.24) is 0 Å². The zero-order valence-corrected chi connectivity index (χ0v) is 9.63. The first-order valence-corrected chi connectivity index (χ1v) is 5.07. The molecule has 0 N–H and O–H groups in total. The second-order valence-electron chi connectivity index (χ2n) is 3.55. The van der Waals surface area contributed by atoms with E-state index in [2.05, 4.69) is 4.74 Å². The summed E-state index contributed by atoms with van der Waals surface area (Å²) >= 11 is 0. The average molecular weight is 299 g/mol. The number of halogens is 6. The molecule has 0 radical (unpaired) electrons. The number of alkyl halides is 6. The van der Waals surface area contributed by atoms with Gasteiger partial charge in [-0.2, -0.15) is 18.4 Å². The maximum atomic E-state index is 12.2. The fourth-order valence-corrected chi connectivity index (χ4v) is 1.12. The molecule has 1 rings (SSSR count). The van der Waals surface area contributed by atoms with Gasteiger partial charge >= 0.3 is 12.5 Å². The van der Waals surface area contributed by atoms with E-state index in [0.29, 0.717) is 0 Å². The van der Waals surface area contributed by atoms with Gasteiger partial charge in [-0.1, -0.05) is 0 Å². The van der Waals surface area contributed by atoms with Crippen molar-refractivity contribution in [2.75, 3.05) is 6.61 Å². The summed E-state index contributed by atoms with van der Waals surface area (Å²) in [5, 5.41) is 8.32. The largest absolute Gasteiger partial charge is 0.573 e. The summed E-state index contributed by atoms with van der Waals surface area (Å²) in [7, 11) is 0. The summed E-state index contributed by atoms with van der Waals surface area (Å²) < 4.78 is 80.5. The molecular weight excluding hydrogens is 292 g/mol. The van der Waals surface area contributed by atoms with E-state index in [0.717, 1.165) is 30.3 Å². The maximum Gasteiger partial charge on any atom is 0.573 e. The molecule has 1 aromatic rings. The summed E-state index contributed by atoms with van der Waals surface area (Å²) in [5.41, 5.74) is 0. The second kappa shape index (κ2) is 5.90. The van der Waals surface area contributed by atoms with Crippen LogP contribution >= 0.6 is 0 Å². The Bertz CT molecular complexity index is 474. The van der Waals surface area contributed by atoms with Crippen LogP contribution in [0.4, 0.5) is 26.3 Å². The van der Waals surface area contributed by atoms with Crippen molar-refractivity contribution in [3.63, 3.8) is 0 Å². The van der Waals surface area contributed by atoms with Crippen LogP contribution in [0.1, 0.15) is 0 Å². The van der Waals surface area contributed by atoms with Crippen molar-refractivity contribution >= 4 is 0 Å². The number of benzene rings is 1. The zero-order valence-electron chi connectivity index (χ0n) is 9.63. The van der Waals surface area contributed by atoms with Crippen molar-refractivity contribution in [2.24, 2.45) is 5.92 Å². The lowest BCUT2D eigenvalue weighted by molar-refractivity contribution is -0.274. The zero-order chi connectivity index (χ0) is 15.4. The van der Waals surface area contributed by atoms with Crippen LogP contribution in [0.25, 0.3) is 0 Å². The van der Waals surface area contributed by atoms with Gasteiger partial charge in [0, 0.05) is 0 Å². The van der Waals surface area contributed by atoms with Gasteiger partial charge in [-0.05, 0) is 24.3 Å². The highest BCUT2D eigenvalue weighted by atomic mass is 19.4. The number of ether oxygens (including phenoxy) is 2. The molecule has 1 unspecified atom stereocenters. The van der Waals surface area contributed by atoms with E-state index < -0.39 is 30.8 Å². The molecule has 0 aliphatic heterocycles. The first-order chi connectivity index (χ1) is 9.12. The minimum atomic E-state index is -4.86. The highest BCUT2D eigenvalue weighted by Gasteiger charge is 2.40. The third kappa shape index (κ3) is 5.26. The van der Waals surface area contributed by atoms with Crippen LogP contribution in [-0.2, 0) is 0 Å². The summed E-state index contributed by atoms with van der Waals surface area (Å²) in [6.07, 6.45) is -9.58. The molecule has 0 saturated carbocycles. The van der Waals surface area contributed by atoms with E-state index in [1.54, 1.807) is 0 Å². The lowest BCUT2D eigenvalue weighted by Crippen LogP contribution is -2.27. The normalized spacial score (nSPS) is 13.4. The van der Waals surface area contributed by atoms with Crippen LogP contribution in [0, 0.1) is 17.2 Å². The molecule has 0 heterocycles. The first kappa shape index (κ1) is 15.9. The molecule has 0 aliphatic rings.